The van der Waals surface area contributed by atoms with E-state index in [4.69, 9.17) is 19.6 Å². The van der Waals surface area contributed by atoms with Crippen LogP contribution in [0.1, 0.15) is 27.7 Å². The second-order valence-corrected chi connectivity index (χ2v) is 8.47. The number of benzene rings is 2. The number of thiazole rings is 1. The predicted octanol–water partition coefficient (Wildman–Crippen LogP) is 4.93. The molecule has 0 atom stereocenters. The zero-order valence-corrected chi connectivity index (χ0v) is 17.9. The Labute approximate surface area is 176 Å². The first-order valence-electron chi connectivity index (χ1n) is 9.57. The highest BCUT2D eigenvalue weighted by atomic mass is 32.1. The molecule has 0 saturated carbocycles. The van der Waals surface area contributed by atoms with Gasteiger partial charge in [-0.05, 0) is 58.0 Å². The molecule has 30 heavy (non-hydrogen) atoms. The van der Waals surface area contributed by atoms with Gasteiger partial charge in [0.2, 0.25) is 11.2 Å². The lowest BCUT2D eigenvalue weighted by molar-refractivity contribution is 0.199. The fraction of sp³-hybridized carbons (Fsp3) is 0.273. The van der Waals surface area contributed by atoms with Gasteiger partial charge >= 0.3 is 0 Å². The predicted molar refractivity (Wildman–Crippen MR) is 119 cm³/mol. The van der Waals surface area contributed by atoms with Gasteiger partial charge in [-0.15, -0.1) is 0 Å². The number of hydrogen-bond donors (Lipinski definition) is 2. The Hall–Kier alpha value is -3.26. The van der Waals surface area contributed by atoms with E-state index < -0.39 is 11.2 Å². The van der Waals surface area contributed by atoms with Gasteiger partial charge in [0.1, 0.15) is 5.58 Å². The molecule has 2 aromatic heterocycles. The third kappa shape index (κ3) is 3.54. The Balaban J connectivity index is 1.91. The van der Waals surface area contributed by atoms with Crippen LogP contribution in [-0.4, -0.2) is 22.3 Å². The number of fused-ring (bicyclic) bond motifs is 3. The number of nitrogen functional groups attached to an aromatic ring is 1. The van der Waals surface area contributed by atoms with Crippen LogP contribution >= 0.6 is 11.3 Å². The van der Waals surface area contributed by atoms with Crippen molar-refractivity contribution >= 4 is 37.7 Å². The first kappa shape index (κ1) is 20.0. The Morgan fingerprint density at radius 1 is 1.07 bits per heavy atom. The van der Waals surface area contributed by atoms with Crippen LogP contribution in [0, 0.1) is 0 Å². The van der Waals surface area contributed by atoms with E-state index in [0.717, 1.165) is 0 Å². The molecule has 0 aliphatic heterocycles. The van der Waals surface area contributed by atoms with Crippen LogP contribution in [0.3, 0.4) is 0 Å². The van der Waals surface area contributed by atoms with Crippen molar-refractivity contribution in [2.75, 3.05) is 5.73 Å². The van der Waals surface area contributed by atoms with Crippen molar-refractivity contribution in [3.63, 3.8) is 0 Å². The van der Waals surface area contributed by atoms with Crippen molar-refractivity contribution in [3.8, 4) is 28.6 Å². The Bertz CT molecular complexity index is 1310. The molecule has 8 heteroatoms. The molecule has 4 rings (SSSR count). The van der Waals surface area contributed by atoms with E-state index in [0.29, 0.717) is 38.0 Å². The maximum absolute atomic E-state index is 13.0. The lowest BCUT2D eigenvalue weighted by Crippen LogP contribution is -2.11. The highest BCUT2D eigenvalue weighted by molar-refractivity contribution is 7.23. The van der Waals surface area contributed by atoms with Gasteiger partial charge in [-0.1, -0.05) is 11.3 Å². The Kier molecular flexibility index (Phi) is 5.03. The van der Waals surface area contributed by atoms with Gasteiger partial charge in [0.05, 0.1) is 27.8 Å². The topological polar surface area (TPSA) is 108 Å². The molecule has 0 fully saturated rings. The first-order valence-corrected chi connectivity index (χ1v) is 10.4. The molecule has 0 aliphatic carbocycles. The molecule has 2 aromatic carbocycles. The quantitative estimate of drug-likeness (QED) is 0.466. The number of aromatic hydroxyl groups is 1. The van der Waals surface area contributed by atoms with Gasteiger partial charge in [0, 0.05) is 5.56 Å². The van der Waals surface area contributed by atoms with Gasteiger partial charge < -0.3 is 24.7 Å². The summed E-state index contributed by atoms with van der Waals surface area (Å²) in [4.78, 5) is 17.2. The van der Waals surface area contributed by atoms with E-state index in [9.17, 15) is 9.90 Å². The molecule has 156 valence electrons. The molecule has 0 radical (unpaired) electrons. The van der Waals surface area contributed by atoms with Gasteiger partial charge in [0.25, 0.3) is 0 Å². The van der Waals surface area contributed by atoms with E-state index in [1.54, 1.807) is 30.3 Å². The summed E-state index contributed by atoms with van der Waals surface area (Å²) in [5.74, 6) is 0.667. The molecule has 0 amide bonds. The fourth-order valence-electron chi connectivity index (χ4n) is 3.21. The van der Waals surface area contributed by atoms with E-state index in [-0.39, 0.29) is 23.4 Å². The Morgan fingerprint density at radius 2 is 1.77 bits per heavy atom. The standard InChI is InChI=1S/C22H22N2O5S/c1-10(2)27-14-7-5-12(9-16(14)28-11(3)4)20-19(26)18(25)17-15(29-20)8-6-13-21(17)30-22(23)24-13/h5-11,26H,1-4H3,(H2,23,24). The van der Waals surface area contributed by atoms with Gasteiger partial charge in [-0.25, -0.2) is 4.98 Å². The van der Waals surface area contributed by atoms with Crippen LogP contribution < -0.4 is 20.6 Å². The molecular weight excluding hydrogens is 404 g/mol. The molecule has 0 spiro atoms. The molecule has 4 aromatic rings. The third-order valence-corrected chi connectivity index (χ3v) is 5.25. The summed E-state index contributed by atoms with van der Waals surface area (Å²) in [6.45, 7) is 7.67. The first-order chi connectivity index (χ1) is 14.2. The maximum Gasteiger partial charge on any atom is 0.236 e. The van der Waals surface area contributed by atoms with Crippen LogP contribution in [0.15, 0.2) is 39.5 Å². The highest BCUT2D eigenvalue weighted by Crippen LogP contribution is 2.39. The SMILES string of the molecule is CC(C)Oc1ccc(-c2oc3ccc4nc(N)sc4c3c(=O)c2O)cc1OC(C)C. The van der Waals surface area contributed by atoms with Gasteiger partial charge in [-0.3, -0.25) is 4.79 Å². The van der Waals surface area contributed by atoms with Gasteiger partial charge in [-0.2, -0.15) is 0 Å². The monoisotopic (exact) mass is 426 g/mol. The second-order valence-electron chi connectivity index (χ2n) is 7.44. The zero-order chi connectivity index (χ0) is 21.6. The molecule has 0 bridgehead atoms. The number of aromatic nitrogens is 1. The number of rotatable bonds is 5. The fourth-order valence-corrected chi connectivity index (χ4v) is 4.08. The van der Waals surface area contributed by atoms with Gasteiger partial charge in [0.15, 0.2) is 22.4 Å². The van der Waals surface area contributed by atoms with Crippen molar-refractivity contribution in [1.29, 1.82) is 0 Å². The summed E-state index contributed by atoms with van der Waals surface area (Å²) < 4.78 is 18.2. The number of nitrogens with zero attached hydrogens (tertiary/aromatic N) is 1. The molecule has 0 unspecified atom stereocenters. The van der Waals surface area contributed by atoms with Crippen LogP contribution in [-0.2, 0) is 0 Å². The van der Waals surface area contributed by atoms with E-state index in [2.05, 4.69) is 4.98 Å². The highest BCUT2D eigenvalue weighted by Gasteiger charge is 2.20. The maximum atomic E-state index is 13.0. The molecule has 7 nitrogen and oxygen atoms in total. The lowest BCUT2D eigenvalue weighted by Gasteiger charge is -2.18. The number of ether oxygens (including phenoxy) is 2. The molecule has 0 saturated heterocycles. The minimum Gasteiger partial charge on any atom is -0.502 e. The van der Waals surface area contributed by atoms with Crippen LogP contribution in [0.5, 0.6) is 17.2 Å². The van der Waals surface area contributed by atoms with Crippen molar-refractivity contribution < 1.29 is 19.0 Å². The lowest BCUT2D eigenvalue weighted by atomic mass is 10.1. The normalized spacial score (nSPS) is 11.7. The average molecular weight is 426 g/mol. The number of hydrogen-bond acceptors (Lipinski definition) is 8. The summed E-state index contributed by atoms with van der Waals surface area (Å²) >= 11 is 1.18. The molecule has 3 N–H and O–H groups in total. The summed E-state index contributed by atoms with van der Waals surface area (Å²) in [5.41, 5.74) is 6.69. The summed E-state index contributed by atoms with van der Waals surface area (Å²) in [6.07, 6.45) is -0.122. The number of nitrogens with two attached hydrogens (primary N) is 1. The van der Waals surface area contributed by atoms with Crippen LogP contribution in [0.2, 0.25) is 0 Å². The molecular formula is C22H22N2O5S. The van der Waals surface area contributed by atoms with E-state index in [1.165, 1.54) is 11.3 Å². The number of anilines is 1. The zero-order valence-electron chi connectivity index (χ0n) is 17.1. The van der Waals surface area contributed by atoms with Crippen LogP contribution in [0.4, 0.5) is 5.13 Å². The third-order valence-electron chi connectivity index (χ3n) is 4.34. The van der Waals surface area contributed by atoms with Crippen molar-refractivity contribution in [1.82, 2.24) is 4.98 Å². The van der Waals surface area contributed by atoms with Crippen LogP contribution in [0.25, 0.3) is 32.5 Å². The van der Waals surface area contributed by atoms with Crippen molar-refractivity contribution in [2.24, 2.45) is 0 Å². The average Bonchev–Trinajstić information content (AvgIpc) is 3.05. The smallest absolute Gasteiger partial charge is 0.236 e. The molecule has 0 aliphatic rings. The largest absolute Gasteiger partial charge is 0.502 e. The molecule has 2 heterocycles. The second kappa shape index (κ2) is 7.53. The minimum atomic E-state index is -0.533. The Morgan fingerprint density at radius 3 is 2.47 bits per heavy atom. The minimum absolute atomic E-state index is 0.0355. The summed E-state index contributed by atoms with van der Waals surface area (Å²) in [5, 5.41) is 11.3. The van der Waals surface area contributed by atoms with E-state index >= 15 is 0 Å². The summed E-state index contributed by atoms with van der Waals surface area (Å²) in [7, 11) is 0. The van der Waals surface area contributed by atoms with Crippen molar-refractivity contribution in [2.45, 2.75) is 39.9 Å². The van der Waals surface area contributed by atoms with Crippen molar-refractivity contribution in [3.05, 3.63) is 40.6 Å². The summed E-state index contributed by atoms with van der Waals surface area (Å²) in [6, 6.07) is 8.55. The van der Waals surface area contributed by atoms with E-state index in [1.807, 2.05) is 27.7 Å².